The van der Waals surface area contributed by atoms with Gasteiger partial charge in [-0.05, 0) is 25.0 Å². The smallest absolute Gasteiger partial charge is 0.319 e. The minimum absolute atomic E-state index is 0.0582. The number of nitrogens with zero attached hydrogens (tertiary/aromatic N) is 5. The molecule has 2 fully saturated rings. The lowest BCUT2D eigenvalue weighted by molar-refractivity contribution is 0.0468. The summed E-state index contributed by atoms with van der Waals surface area (Å²) in [6.07, 6.45) is 1.97. The Morgan fingerprint density at radius 3 is 1.73 bits per heavy atom. The van der Waals surface area contributed by atoms with Crippen LogP contribution in [-0.4, -0.2) is 95.9 Å². The summed E-state index contributed by atoms with van der Waals surface area (Å²) in [7, 11) is 3.61. The number of likely N-dealkylation sites (tertiary alicyclic amines) is 1. The summed E-state index contributed by atoms with van der Waals surface area (Å²) >= 11 is 0. The lowest BCUT2D eigenvalue weighted by atomic mass is 10.0. The zero-order valence-corrected chi connectivity index (χ0v) is 21.7. The number of piperazine rings is 1. The molecule has 0 unspecified atom stereocenters. The van der Waals surface area contributed by atoms with Gasteiger partial charge in [0.1, 0.15) is 0 Å². The monoisotopic (exact) mass is 497 g/mol. The van der Waals surface area contributed by atoms with E-state index in [1.54, 1.807) is 19.0 Å². The van der Waals surface area contributed by atoms with Crippen molar-refractivity contribution in [3.8, 4) is 22.5 Å². The molecule has 2 aliphatic heterocycles. The summed E-state index contributed by atoms with van der Waals surface area (Å²) in [6.45, 7) is 4.73. The van der Waals surface area contributed by atoms with E-state index in [-0.39, 0.29) is 11.9 Å². The first kappa shape index (κ1) is 25.0. The number of piperidine rings is 1. The maximum atomic E-state index is 13.7. The van der Waals surface area contributed by atoms with Gasteiger partial charge >= 0.3 is 6.03 Å². The fourth-order valence-corrected chi connectivity index (χ4v) is 5.35. The van der Waals surface area contributed by atoms with Crippen LogP contribution >= 0.6 is 0 Å². The number of hydrogen-bond acceptors (Lipinski definition) is 4. The normalized spacial score (nSPS) is 17.0. The summed E-state index contributed by atoms with van der Waals surface area (Å²) in [5.41, 5.74) is 4.29. The van der Waals surface area contributed by atoms with E-state index in [4.69, 9.17) is 4.98 Å². The highest BCUT2D eigenvalue weighted by Crippen LogP contribution is 2.26. The van der Waals surface area contributed by atoms with Crippen molar-refractivity contribution >= 4 is 11.9 Å². The molecule has 3 aromatic rings. The van der Waals surface area contributed by atoms with Crippen molar-refractivity contribution in [2.45, 2.75) is 18.9 Å². The zero-order valence-electron chi connectivity index (χ0n) is 21.7. The summed E-state index contributed by atoms with van der Waals surface area (Å²) in [5.74, 6) is 0.0582. The quantitative estimate of drug-likeness (QED) is 0.539. The van der Waals surface area contributed by atoms with Gasteiger partial charge in [0.15, 0.2) is 0 Å². The Kier molecular flexibility index (Phi) is 7.51. The Bertz CT molecular complexity index is 1160. The van der Waals surface area contributed by atoms with Crippen LogP contribution in [0.4, 0.5) is 4.79 Å². The van der Waals surface area contributed by atoms with Crippen molar-refractivity contribution in [2.24, 2.45) is 0 Å². The van der Waals surface area contributed by atoms with E-state index in [9.17, 15) is 9.59 Å². The van der Waals surface area contributed by atoms with Crippen LogP contribution in [0, 0.1) is 0 Å². The molecule has 192 valence electrons. The average molecular weight is 498 g/mol. The highest BCUT2D eigenvalue weighted by atomic mass is 16.2. The SMILES string of the molecule is CN(C)C(=O)N1CCC(N2CCN(C(=O)c3cc(-c4ccccc4)nc(-c4ccccc4)c3)CC2)CC1. The maximum absolute atomic E-state index is 13.7. The molecule has 0 atom stereocenters. The zero-order chi connectivity index (χ0) is 25.8. The second kappa shape index (κ2) is 11.1. The molecule has 3 heterocycles. The molecule has 0 radical (unpaired) electrons. The number of hydrogen-bond donors (Lipinski definition) is 0. The topological polar surface area (TPSA) is 60.0 Å². The summed E-state index contributed by atoms with van der Waals surface area (Å²) < 4.78 is 0. The van der Waals surface area contributed by atoms with Gasteiger partial charge in [0.2, 0.25) is 0 Å². The molecule has 5 rings (SSSR count). The molecular formula is C30H35N5O2. The van der Waals surface area contributed by atoms with Crippen molar-refractivity contribution in [2.75, 3.05) is 53.4 Å². The fourth-order valence-electron chi connectivity index (χ4n) is 5.35. The van der Waals surface area contributed by atoms with Crippen molar-refractivity contribution in [1.82, 2.24) is 24.6 Å². The lowest BCUT2D eigenvalue weighted by Crippen LogP contribution is -2.55. The van der Waals surface area contributed by atoms with Crippen molar-refractivity contribution in [3.05, 3.63) is 78.4 Å². The van der Waals surface area contributed by atoms with E-state index in [1.165, 1.54) is 0 Å². The fraction of sp³-hybridized carbons (Fsp3) is 0.367. The first-order valence-corrected chi connectivity index (χ1v) is 13.1. The van der Waals surface area contributed by atoms with E-state index < -0.39 is 0 Å². The van der Waals surface area contributed by atoms with Crippen molar-refractivity contribution in [3.63, 3.8) is 0 Å². The minimum atomic E-state index is 0.0582. The van der Waals surface area contributed by atoms with Gasteiger partial charge in [-0.15, -0.1) is 0 Å². The first-order valence-electron chi connectivity index (χ1n) is 13.1. The van der Waals surface area contributed by atoms with Gasteiger partial charge in [-0.25, -0.2) is 9.78 Å². The second-order valence-corrected chi connectivity index (χ2v) is 10.1. The number of carbonyl (C=O) groups excluding carboxylic acids is 2. The van der Waals surface area contributed by atoms with Crippen LogP contribution in [0.25, 0.3) is 22.5 Å². The number of benzene rings is 2. The molecule has 7 nitrogen and oxygen atoms in total. The largest absolute Gasteiger partial charge is 0.336 e. The predicted octanol–water partition coefficient (Wildman–Crippen LogP) is 4.32. The minimum Gasteiger partial charge on any atom is -0.336 e. The summed E-state index contributed by atoms with van der Waals surface area (Å²) in [4.78, 5) is 38.9. The van der Waals surface area contributed by atoms with E-state index in [0.717, 1.165) is 61.5 Å². The molecule has 0 bridgehead atoms. The third-order valence-electron chi connectivity index (χ3n) is 7.45. The molecule has 3 amide bonds. The van der Waals surface area contributed by atoms with Gasteiger partial charge < -0.3 is 14.7 Å². The maximum Gasteiger partial charge on any atom is 0.319 e. The Balaban J connectivity index is 1.28. The number of rotatable bonds is 4. The van der Waals surface area contributed by atoms with Crippen LogP contribution in [0.15, 0.2) is 72.8 Å². The highest BCUT2D eigenvalue weighted by Gasteiger charge is 2.31. The average Bonchev–Trinajstić information content (AvgIpc) is 2.97. The van der Waals surface area contributed by atoms with Gasteiger partial charge in [0, 0.05) is 76.1 Å². The second-order valence-electron chi connectivity index (χ2n) is 10.1. The van der Waals surface area contributed by atoms with Gasteiger partial charge in [0.25, 0.3) is 5.91 Å². The number of pyridine rings is 1. The van der Waals surface area contributed by atoms with E-state index in [0.29, 0.717) is 24.7 Å². The van der Waals surface area contributed by atoms with Gasteiger partial charge in [-0.3, -0.25) is 9.69 Å². The summed E-state index contributed by atoms with van der Waals surface area (Å²) in [5, 5.41) is 0. The lowest BCUT2D eigenvalue weighted by Gasteiger charge is -2.43. The number of amides is 3. The molecule has 37 heavy (non-hydrogen) atoms. The van der Waals surface area contributed by atoms with Gasteiger partial charge in [-0.1, -0.05) is 60.7 Å². The van der Waals surface area contributed by atoms with Crippen LogP contribution in [0.3, 0.4) is 0 Å². The Hall–Kier alpha value is -3.71. The molecule has 2 aliphatic rings. The molecular weight excluding hydrogens is 462 g/mol. The van der Waals surface area contributed by atoms with Crippen LogP contribution < -0.4 is 0 Å². The molecule has 0 spiro atoms. The van der Waals surface area contributed by atoms with Gasteiger partial charge in [-0.2, -0.15) is 0 Å². The van der Waals surface area contributed by atoms with Crippen LogP contribution in [0.2, 0.25) is 0 Å². The molecule has 7 heteroatoms. The molecule has 0 aliphatic carbocycles. The predicted molar refractivity (Wildman–Crippen MR) is 146 cm³/mol. The van der Waals surface area contributed by atoms with Crippen LogP contribution in [-0.2, 0) is 0 Å². The molecule has 0 N–H and O–H groups in total. The Morgan fingerprint density at radius 2 is 1.24 bits per heavy atom. The molecule has 2 saturated heterocycles. The van der Waals surface area contributed by atoms with E-state index in [2.05, 4.69) is 4.90 Å². The van der Waals surface area contributed by atoms with E-state index >= 15 is 0 Å². The van der Waals surface area contributed by atoms with Crippen molar-refractivity contribution in [1.29, 1.82) is 0 Å². The number of aromatic nitrogens is 1. The third kappa shape index (κ3) is 5.67. The highest BCUT2D eigenvalue weighted by molar-refractivity contribution is 5.96. The number of urea groups is 1. The summed E-state index contributed by atoms with van der Waals surface area (Å²) in [6, 6.07) is 24.5. The molecule has 2 aromatic carbocycles. The Labute approximate surface area is 219 Å². The standard InChI is InChI=1S/C30H35N5O2/c1-32(2)30(37)35-15-13-26(14-16-35)33-17-19-34(20-18-33)29(36)25-21-27(23-9-5-3-6-10-23)31-28(22-25)24-11-7-4-8-12-24/h3-12,21-22,26H,13-20H2,1-2H3. The first-order chi connectivity index (χ1) is 18.0. The third-order valence-corrected chi connectivity index (χ3v) is 7.45. The molecule has 1 aromatic heterocycles. The molecule has 0 saturated carbocycles. The van der Waals surface area contributed by atoms with Crippen LogP contribution in [0.5, 0.6) is 0 Å². The van der Waals surface area contributed by atoms with Crippen molar-refractivity contribution < 1.29 is 9.59 Å². The number of carbonyl (C=O) groups is 2. The Morgan fingerprint density at radius 1 is 0.730 bits per heavy atom. The van der Waals surface area contributed by atoms with Gasteiger partial charge in [0.05, 0.1) is 11.4 Å². The van der Waals surface area contributed by atoms with Crippen LogP contribution in [0.1, 0.15) is 23.2 Å². The van der Waals surface area contributed by atoms with E-state index in [1.807, 2.05) is 82.6 Å².